The lowest BCUT2D eigenvalue weighted by atomic mass is 10.1. The van der Waals surface area contributed by atoms with Crippen LogP contribution in [-0.4, -0.2) is 9.97 Å². The van der Waals surface area contributed by atoms with Crippen LogP contribution in [0.15, 0.2) is 60.9 Å². The fourth-order valence-electron chi connectivity index (χ4n) is 2.29. The van der Waals surface area contributed by atoms with Crippen molar-refractivity contribution in [2.45, 2.75) is 20.4 Å². The maximum absolute atomic E-state index is 4.64. The van der Waals surface area contributed by atoms with Crippen LogP contribution in [0.5, 0.6) is 0 Å². The van der Waals surface area contributed by atoms with Crippen molar-refractivity contribution in [3.8, 4) is 11.3 Å². The fraction of sp³-hybridized carbons (Fsp3) is 0.158. The Hall–Kier alpha value is -2.68. The van der Waals surface area contributed by atoms with Crippen molar-refractivity contribution < 1.29 is 0 Å². The van der Waals surface area contributed by atoms with Crippen molar-refractivity contribution in [1.29, 1.82) is 0 Å². The van der Waals surface area contributed by atoms with E-state index in [2.05, 4.69) is 71.6 Å². The van der Waals surface area contributed by atoms with Gasteiger partial charge in [0.25, 0.3) is 0 Å². The lowest BCUT2D eigenvalue weighted by Gasteiger charge is -2.08. The molecule has 0 aliphatic carbocycles. The van der Waals surface area contributed by atoms with Crippen LogP contribution in [-0.2, 0) is 6.54 Å². The summed E-state index contributed by atoms with van der Waals surface area (Å²) >= 11 is 0. The molecule has 2 aromatic carbocycles. The van der Waals surface area contributed by atoms with Crippen LogP contribution in [0, 0.1) is 13.8 Å². The molecule has 3 rings (SSSR count). The van der Waals surface area contributed by atoms with Gasteiger partial charge in [-0.25, -0.2) is 4.98 Å². The van der Waals surface area contributed by atoms with Crippen LogP contribution in [0.2, 0.25) is 0 Å². The number of rotatable bonds is 4. The molecule has 0 fully saturated rings. The van der Waals surface area contributed by atoms with Crippen LogP contribution >= 0.6 is 0 Å². The topological polar surface area (TPSA) is 37.8 Å². The number of hydrogen-bond donors (Lipinski definition) is 1. The monoisotopic (exact) mass is 289 g/mol. The smallest absolute Gasteiger partial charge is 0.145 e. The Bertz CT molecular complexity index is 764. The molecule has 3 aromatic rings. The molecule has 1 aromatic heterocycles. The summed E-state index contributed by atoms with van der Waals surface area (Å²) < 4.78 is 0. The number of benzene rings is 2. The molecule has 0 radical (unpaired) electrons. The third kappa shape index (κ3) is 3.50. The molecular formula is C19H19N3. The largest absolute Gasteiger partial charge is 0.365 e. The Labute approximate surface area is 131 Å². The molecule has 0 spiro atoms. The van der Waals surface area contributed by atoms with E-state index in [1.54, 1.807) is 12.4 Å². The van der Waals surface area contributed by atoms with Gasteiger partial charge in [-0.3, -0.25) is 4.98 Å². The third-order valence-electron chi connectivity index (χ3n) is 3.54. The molecule has 0 amide bonds. The highest BCUT2D eigenvalue weighted by Gasteiger charge is 2.02. The van der Waals surface area contributed by atoms with Crippen molar-refractivity contribution in [2.75, 3.05) is 5.32 Å². The number of nitrogens with one attached hydrogen (secondary N) is 1. The molecule has 3 heteroatoms. The zero-order valence-corrected chi connectivity index (χ0v) is 12.9. The number of hydrogen-bond acceptors (Lipinski definition) is 3. The fourth-order valence-corrected chi connectivity index (χ4v) is 2.29. The predicted molar refractivity (Wildman–Crippen MR) is 90.7 cm³/mol. The second kappa shape index (κ2) is 6.39. The maximum Gasteiger partial charge on any atom is 0.145 e. The van der Waals surface area contributed by atoms with E-state index < -0.39 is 0 Å². The summed E-state index contributed by atoms with van der Waals surface area (Å²) in [5.41, 5.74) is 5.69. The minimum absolute atomic E-state index is 0.742. The summed E-state index contributed by atoms with van der Waals surface area (Å²) in [6.45, 7) is 4.91. The van der Waals surface area contributed by atoms with Gasteiger partial charge in [0.15, 0.2) is 0 Å². The van der Waals surface area contributed by atoms with Crippen molar-refractivity contribution >= 4 is 5.82 Å². The van der Waals surface area contributed by atoms with E-state index in [9.17, 15) is 0 Å². The molecule has 0 aliphatic rings. The first kappa shape index (κ1) is 14.3. The zero-order chi connectivity index (χ0) is 15.4. The van der Waals surface area contributed by atoms with Gasteiger partial charge in [-0.1, -0.05) is 53.6 Å². The minimum atomic E-state index is 0.742. The van der Waals surface area contributed by atoms with Gasteiger partial charge in [0.1, 0.15) is 5.82 Å². The third-order valence-corrected chi connectivity index (χ3v) is 3.54. The number of aromatic nitrogens is 2. The molecule has 0 bridgehead atoms. The highest BCUT2D eigenvalue weighted by Crippen LogP contribution is 2.19. The second-order valence-electron chi connectivity index (χ2n) is 5.50. The lowest BCUT2D eigenvalue weighted by Crippen LogP contribution is -2.02. The average Bonchev–Trinajstić information content (AvgIpc) is 2.55. The van der Waals surface area contributed by atoms with Crippen molar-refractivity contribution in [2.24, 2.45) is 0 Å². The van der Waals surface area contributed by atoms with E-state index in [-0.39, 0.29) is 0 Å². The zero-order valence-electron chi connectivity index (χ0n) is 12.9. The van der Waals surface area contributed by atoms with Crippen LogP contribution in [0.4, 0.5) is 5.82 Å². The van der Waals surface area contributed by atoms with Gasteiger partial charge in [0.2, 0.25) is 0 Å². The van der Waals surface area contributed by atoms with Gasteiger partial charge in [-0.15, -0.1) is 0 Å². The molecule has 22 heavy (non-hydrogen) atoms. The summed E-state index contributed by atoms with van der Waals surface area (Å²) in [7, 11) is 0. The van der Waals surface area contributed by atoms with Crippen LogP contribution in [0.3, 0.4) is 0 Å². The summed E-state index contributed by atoms with van der Waals surface area (Å²) in [6, 6.07) is 16.8. The molecule has 0 unspecified atom stereocenters. The van der Waals surface area contributed by atoms with Crippen molar-refractivity contribution in [3.63, 3.8) is 0 Å². The Balaban J connectivity index is 1.75. The van der Waals surface area contributed by atoms with Crippen LogP contribution in [0.1, 0.15) is 16.7 Å². The van der Waals surface area contributed by atoms with E-state index in [0.717, 1.165) is 23.6 Å². The molecule has 0 atom stereocenters. The van der Waals surface area contributed by atoms with E-state index in [1.165, 1.54) is 16.7 Å². The van der Waals surface area contributed by atoms with E-state index >= 15 is 0 Å². The first-order valence-corrected chi connectivity index (χ1v) is 7.39. The molecule has 0 saturated carbocycles. The summed E-state index contributed by atoms with van der Waals surface area (Å²) in [5, 5.41) is 3.33. The molecular weight excluding hydrogens is 270 g/mol. The molecule has 0 saturated heterocycles. The Morgan fingerprint density at radius 1 is 0.909 bits per heavy atom. The standard InChI is InChI=1S/C19H19N3/c1-14-6-8-16(9-7-14)11-21-19-13-20-12-18(22-19)17-5-3-4-15(2)10-17/h3-10,12-13H,11H2,1-2H3,(H,21,22). The molecule has 3 nitrogen and oxygen atoms in total. The lowest BCUT2D eigenvalue weighted by molar-refractivity contribution is 1.09. The van der Waals surface area contributed by atoms with E-state index in [0.29, 0.717) is 0 Å². The minimum Gasteiger partial charge on any atom is -0.365 e. The second-order valence-corrected chi connectivity index (χ2v) is 5.50. The van der Waals surface area contributed by atoms with Crippen molar-refractivity contribution in [3.05, 3.63) is 77.6 Å². The van der Waals surface area contributed by atoms with Crippen LogP contribution in [0.25, 0.3) is 11.3 Å². The maximum atomic E-state index is 4.64. The summed E-state index contributed by atoms with van der Waals surface area (Å²) in [5.74, 6) is 0.791. The van der Waals surface area contributed by atoms with Gasteiger partial charge < -0.3 is 5.32 Å². The number of anilines is 1. The van der Waals surface area contributed by atoms with E-state index in [1.807, 2.05) is 6.07 Å². The number of aryl methyl sites for hydroxylation is 2. The Kier molecular flexibility index (Phi) is 4.15. The Morgan fingerprint density at radius 2 is 1.73 bits per heavy atom. The highest BCUT2D eigenvalue weighted by atomic mass is 15.0. The van der Waals surface area contributed by atoms with Crippen molar-refractivity contribution in [1.82, 2.24) is 9.97 Å². The average molecular weight is 289 g/mol. The summed E-state index contributed by atoms with van der Waals surface area (Å²) in [4.78, 5) is 8.94. The first-order valence-electron chi connectivity index (χ1n) is 7.39. The van der Waals surface area contributed by atoms with Gasteiger partial charge in [0, 0.05) is 12.1 Å². The van der Waals surface area contributed by atoms with E-state index in [4.69, 9.17) is 0 Å². The predicted octanol–water partition coefficient (Wildman–Crippen LogP) is 4.37. The molecule has 110 valence electrons. The van der Waals surface area contributed by atoms with Gasteiger partial charge in [-0.2, -0.15) is 0 Å². The quantitative estimate of drug-likeness (QED) is 0.775. The normalized spacial score (nSPS) is 10.5. The number of nitrogens with zero attached hydrogens (tertiary/aromatic N) is 2. The molecule has 1 heterocycles. The van der Waals surface area contributed by atoms with Gasteiger partial charge in [-0.05, 0) is 25.5 Å². The Morgan fingerprint density at radius 3 is 2.50 bits per heavy atom. The molecule has 0 aliphatic heterocycles. The van der Waals surface area contributed by atoms with Gasteiger partial charge in [0.05, 0.1) is 18.1 Å². The first-order chi connectivity index (χ1) is 10.7. The highest BCUT2D eigenvalue weighted by molar-refractivity contribution is 5.60. The summed E-state index contributed by atoms with van der Waals surface area (Å²) in [6.07, 6.45) is 3.55. The SMILES string of the molecule is Cc1ccc(CNc2cncc(-c3cccc(C)c3)n2)cc1. The van der Waals surface area contributed by atoms with Crippen LogP contribution < -0.4 is 5.32 Å². The molecule has 1 N–H and O–H groups in total. The van der Waals surface area contributed by atoms with Gasteiger partial charge >= 0.3 is 0 Å².